The average molecular weight is 596 g/mol. The number of amidine groups is 1. The van der Waals surface area contributed by atoms with E-state index >= 15 is 0 Å². The van der Waals surface area contributed by atoms with Gasteiger partial charge >= 0.3 is 5.97 Å². The molecule has 1 aromatic heterocycles. The summed E-state index contributed by atoms with van der Waals surface area (Å²) in [6.45, 7) is 4.93. The molecule has 0 spiro atoms. The third kappa shape index (κ3) is 6.55. The number of hydrogen-bond acceptors (Lipinski definition) is 7. The second kappa shape index (κ2) is 13.1. The van der Waals surface area contributed by atoms with Crippen molar-refractivity contribution < 1.29 is 14.3 Å². The number of esters is 1. The Kier molecular flexibility index (Phi) is 9.78. The van der Waals surface area contributed by atoms with Crippen LogP contribution in [0.3, 0.4) is 0 Å². The second-order valence-electron chi connectivity index (χ2n) is 11.3. The van der Waals surface area contributed by atoms with Crippen LogP contribution >= 0.6 is 12.4 Å². The van der Waals surface area contributed by atoms with Gasteiger partial charge in [0.1, 0.15) is 11.7 Å². The maximum atomic E-state index is 14.0. The molecule has 11 heteroatoms. The molecular formula is C31H42ClN7O3. The minimum Gasteiger partial charge on any atom is -0.466 e. The molecule has 5 rings (SSSR count). The Bertz CT molecular complexity index is 1430. The highest BCUT2D eigenvalue weighted by atomic mass is 35.5. The van der Waals surface area contributed by atoms with E-state index in [2.05, 4.69) is 37.9 Å². The second-order valence-corrected chi connectivity index (χ2v) is 11.3. The zero-order chi connectivity index (χ0) is 29.1. The lowest BCUT2D eigenvalue weighted by Gasteiger charge is -2.32. The molecule has 1 saturated heterocycles. The number of nitrogens with two attached hydrogens (primary N) is 1. The molecule has 2 aliphatic rings. The van der Waals surface area contributed by atoms with Crippen molar-refractivity contribution in [2.45, 2.75) is 57.0 Å². The van der Waals surface area contributed by atoms with Gasteiger partial charge in [0.25, 0.3) is 0 Å². The lowest BCUT2D eigenvalue weighted by molar-refractivity contribution is -0.143. The molecule has 4 N–H and O–H groups in total. The minimum atomic E-state index is -0.464. The molecule has 1 amide bonds. The Balaban J connectivity index is 0.00000405. The number of rotatable bonds is 12. The van der Waals surface area contributed by atoms with Crippen LogP contribution in [0.25, 0.3) is 11.0 Å². The molecule has 1 atom stereocenters. The van der Waals surface area contributed by atoms with Crippen molar-refractivity contribution in [3.8, 4) is 0 Å². The number of amides is 1. The van der Waals surface area contributed by atoms with Crippen molar-refractivity contribution in [3.05, 3.63) is 59.4 Å². The maximum Gasteiger partial charge on any atom is 0.307 e. The van der Waals surface area contributed by atoms with E-state index in [1.54, 1.807) is 0 Å². The number of halogens is 1. The summed E-state index contributed by atoms with van der Waals surface area (Å²) in [5, 5.41) is 11.0. The van der Waals surface area contributed by atoms with E-state index in [1.165, 1.54) is 0 Å². The number of carbonyl (C=O) groups is 2. The smallest absolute Gasteiger partial charge is 0.307 e. The first-order valence-corrected chi connectivity index (χ1v) is 14.5. The number of carbonyl (C=O) groups excluding carboxylic acids is 2. The summed E-state index contributed by atoms with van der Waals surface area (Å²) < 4.78 is 7.14. The Morgan fingerprint density at radius 1 is 1.21 bits per heavy atom. The number of ether oxygens (including phenoxy) is 1. The van der Waals surface area contributed by atoms with E-state index in [9.17, 15) is 9.59 Å². The molecule has 2 heterocycles. The van der Waals surface area contributed by atoms with Gasteiger partial charge in [-0.25, -0.2) is 4.98 Å². The molecular weight excluding hydrogens is 554 g/mol. The molecule has 2 aromatic carbocycles. The van der Waals surface area contributed by atoms with Gasteiger partial charge in [0.05, 0.1) is 36.0 Å². The van der Waals surface area contributed by atoms with Crippen LogP contribution in [0.4, 0.5) is 5.69 Å². The Morgan fingerprint density at radius 3 is 2.62 bits per heavy atom. The lowest BCUT2D eigenvalue weighted by atomic mass is 9.93. The van der Waals surface area contributed by atoms with Crippen molar-refractivity contribution in [1.82, 2.24) is 19.4 Å². The number of aromatic nitrogens is 2. The van der Waals surface area contributed by atoms with Crippen LogP contribution in [0.1, 0.15) is 56.0 Å². The van der Waals surface area contributed by atoms with Gasteiger partial charge in [-0.1, -0.05) is 6.07 Å². The summed E-state index contributed by atoms with van der Waals surface area (Å²) in [6.07, 6.45) is 4.07. The van der Waals surface area contributed by atoms with E-state index in [1.807, 2.05) is 45.3 Å². The van der Waals surface area contributed by atoms with Crippen molar-refractivity contribution in [3.63, 3.8) is 0 Å². The number of aryl methyl sites for hydroxylation is 1. The molecule has 1 aliphatic carbocycles. The zero-order valence-electron chi connectivity index (χ0n) is 24.7. The highest BCUT2D eigenvalue weighted by Crippen LogP contribution is 2.51. The lowest BCUT2D eigenvalue weighted by Crippen LogP contribution is -2.46. The summed E-state index contributed by atoms with van der Waals surface area (Å²) in [5.41, 5.74) is 9.69. The van der Waals surface area contributed by atoms with E-state index in [0.717, 1.165) is 66.9 Å². The van der Waals surface area contributed by atoms with Crippen LogP contribution in [0.15, 0.2) is 42.5 Å². The van der Waals surface area contributed by atoms with Crippen LogP contribution in [0.5, 0.6) is 0 Å². The highest BCUT2D eigenvalue weighted by molar-refractivity contribution is 5.95. The number of imidazole rings is 1. The van der Waals surface area contributed by atoms with Gasteiger partial charge in [0, 0.05) is 44.0 Å². The Hall–Kier alpha value is -3.63. The quantitative estimate of drug-likeness (QED) is 0.165. The third-order valence-corrected chi connectivity index (χ3v) is 8.50. The number of nitrogen functional groups attached to an aromatic ring is 1. The average Bonchev–Trinajstić information content (AvgIpc) is 3.55. The molecule has 3 aromatic rings. The Labute approximate surface area is 253 Å². The number of likely N-dealkylation sites (N-methyl/N-ethyl adjacent to an activating group) is 1. The van der Waals surface area contributed by atoms with Crippen LogP contribution in [-0.4, -0.2) is 76.4 Å². The van der Waals surface area contributed by atoms with E-state index in [4.69, 9.17) is 20.9 Å². The monoisotopic (exact) mass is 595 g/mol. The third-order valence-electron chi connectivity index (χ3n) is 8.50. The van der Waals surface area contributed by atoms with Crippen LogP contribution in [0.2, 0.25) is 0 Å². The summed E-state index contributed by atoms with van der Waals surface area (Å²) in [6, 6.07) is 13.9. The van der Waals surface area contributed by atoms with Crippen molar-refractivity contribution in [2.75, 3.05) is 38.6 Å². The highest BCUT2D eigenvalue weighted by Gasteiger charge is 2.54. The van der Waals surface area contributed by atoms with Gasteiger partial charge in [0.15, 0.2) is 0 Å². The first-order valence-electron chi connectivity index (χ1n) is 14.5. The fourth-order valence-corrected chi connectivity index (χ4v) is 5.94. The topological polar surface area (TPSA) is 130 Å². The SMILES string of the molecule is CCOC(=O)CCN(C)CC1CCCN1C(=O)C1(c2ccc3c(c2)nc(CNc2ccc(C(=N)N)cc2)n3C)CC1.Cl. The molecule has 10 nitrogen and oxygen atoms in total. The van der Waals surface area contributed by atoms with Gasteiger partial charge in [-0.2, -0.15) is 0 Å². The summed E-state index contributed by atoms with van der Waals surface area (Å²) >= 11 is 0. The van der Waals surface area contributed by atoms with Crippen LogP contribution in [-0.2, 0) is 33.3 Å². The molecule has 2 fully saturated rings. The number of likely N-dealkylation sites (tertiary alicyclic amines) is 1. The summed E-state index contributed by atoms with van der Waals surface area (Å²) in [7, 11) is 4.02. The molecule has 0 bridgehead atoms. The fourth-order valence-electron chi connectivity index (χ4n) is 5.94. The van der Waals surface area contributed by atoms with Crippen LogP contribution < -0.4 is 11.1 Å². The van der Waals surface area contributed by atoms with E-state index in [-0.39, 0.29) is 36.2 Å². The molecule has 226 valence electrons. The fraction of sp³-hybridized carbons (Fsp3) is 0.484. The van der Waals surface area contributed by atoms with Gasteiger partial charge in [0.2, 0.25) is 5.91 Å². The van der Waals surface area contributed by atoms with Crippen LogP contribution in [0, 0.1) is 5.41 Å². The summed E-state index contributed by atoms with van der Waals surface area (Å²) in [5.74, 6) is 0.996. The Morgan fingerprint density at radius 2 is 1.95 bits per heavy atom. The molecule has 42 heavy (non-hydrogen) atoms. The largest absolute Gasteiger partial charge is 0.466 e. The minimum absolute atomic E-state index is 0. The van der Waals surface area contributed by atoms with Crippen molar-refractivity contribution in [1.29, 1.82) is 5.41 Å². The number of nitrogens with zero attached hydrogens (tertiary/aromatic N) is 4. The number of fused-ring (bicyclic) bond motifs is 1. The number of benzene rings is 2. The van der Waals surface area contributed by atoms with Crippen molar-refractivity contribution in [2.24, 2.45) is 12.8 Å². The van der Waals surface area contributed by atoms with Gasteiger partial charge in [-0.05, 0) is 81.6 Å². The standard InChI is InChI=1S/C31H41N7O3.ClH/c1-4-41-28(39)13-17-36(2)20-24-6-5-16-38(24)30(40)31(14-15-31)22-9-12-26-25(18-22)35-27(37(26)3)19-34-23-10-7-21(8-11-23)29(32)33;/h7-12,18,24,34H,4-6,13-17,19-20H2,1-3H3,(H3,32,33);1H. The van der Waals surface area contributed by atoms with E-state index < -0.39 is 5.41 Å². The normalized spacial score (nSPS) is 17.2. The van der Waals surface area contributed by atoms with E-state index in [0.29, 0.717) is 31.7 Å². The predicted molar refractivity (Wildman–Crippen MR) is 167 cm³/mol. The molecule has 1 unspecified atom stereocenters. The first-order chi connectivity index (χ1) is 19.7. The molecule has 0 radical (unpaired) electrons. The van der Waals surface area contributed by atoms with Gasteiger partial charge in [-0.15, -0.1) is 12.4 Å². The number of anilines is 1. The number of nitrogens with one attached hydrogen (secondary N) is 2. The molecule has 1 saturated carbocycles. The van der Waals surface area contributed by atoms with Crippen molar-refractivity contribution >= 4 is 46.8 Å². The number of hydrogen-bond donors (Lipinski definition) is 3. The molecule has 1 aliphatic heterocycles. The summed E-state index contributed by atoms with van der Waals surface area (Å²) in [4.78, 5) is 34.9. The zero-order valence-corrected chi connectivity index (χ0v) is 25.5. The first kappa shape index (κ1) is 31.3. The maximum absolute atomic E-state index is 14.0. The van der Waals surface area contributed by atoms with Gasteiger partial charge in [-0.3, -0.25) is 15.0 Å². The predicted octanol–water partition coefficient (Wildman–Crippen LogP) is 3.80. The van der Waals surface area contributed by atoms with Gasteiger partial charge < -0.3 is 30.2 Å².